The van der Waals surface area contributed by atoms with Crippen LogP contribution in [0.5, 0.6) is 11.5 Å². The SMILES string of the molecule is CCOC(=O)CC(=O)N(CC(=O)OCC)CP(=O)(Oc1ccccc1)Oc1ccccc1. The lowest BCUT2D eigenvalue weighted by Gasteiger charge is -2.27. The number of para-hydroxylation sites is 2. The van der Waals surface area contributed by atoms with Gasteiger partial charge in [0.05, 0.1) is 13.2 Å². The molecule has 0 radical (unpaired) electrons. The number of carbonyl (C=O) groups is 3. The Hall–Kier alpha value is -3.32. The minimum atomic E-state index is -4.06. The number of ether oxygens (including phenoxy) is 2. The topological polar surface area (TPSA) is 108 Å². The highest BCUT2D eigenvalue weighted by atomic mass is 31.2. The minimum Gasteiger partial charge on any atom is -0.466 e. The van der Waals surface area contributed by atoms with Crippen LogP contribution in [0.2, 0.25) is 0 Å². The second-order valence-corrected chi connectivity index (χ2v) is 8.31. The van der Waals surface area contributed by atoms with E-state index in [4.69, 9.17) is 18.5 Å². The third-order valence-electron chi connectivity index (χ3n) is 3.90. The van der Waals surface area contributed by atoms with Crippen molar-refractivity contribution in [2.24, 2.45) is 0 Å². The van der Waals surface area contributed by atoms with Crippen LogP contribution in [0.25, 0.3) is 0 Å². The van der Waals surface area contributed by atoms with Gasteiger partial charge in [0.25, 0.3) is 0 Å². The molecule has 0 aromatic heterocycles. The van der Waals surface area contributed by atoms with Crippen LogP contribution in [0.1, 0.15) is 20.3 Å². The molecule has 32 heavy (non-hydrogen) atoms. The van der Waals surface area contributed by atoms with Crippen LogP contribution in [-0.4, -0.2) is 48.8 Å². The highest BCUT2D eigenvalue weighted by molar-refractivity contribution is 7.54. The lowest BCUT2D eigenvalue weighted by molar-refractivity contribution is -0.153. The number of esters is 2. The van der Waals surface area contributed by atoms with Gasteiger partial charge in [-0.05, 0) is 38.1 Å². The summed E-state index contributed by atoms with van der Waals surface area (Å²) in [5, 5.41) is 0. The average molecular weight is 463 g/mol. The largest absolute Gasteiger partial charge is 0.466 e. The second kappa shape index (κ2) is 12.5. The molecule has 0 fully saturated rings. The molecule has 0 bridgehead atoms. The van der Waals surface area contributed by atoms with E-state index in [9.17, 15) is 18.9 Å². The molecule has 9 nitrogen and oxygen atoms in total. The quantitative estimate of drug-likeness (QED) is 0.267. The molecule has 0 heterocycles. The maximum absolute atomic E-state index is 13.7. The summed E-state index contributed by atoms with van der Waals surface area (Å²) >= 11 is 0. The first-order valence-electron chi connectivity index (χ1n) is 10.0. The van der Waals surface area contributed by atoms with Crippen molar-refractivity contribution < 1.29 is 37.5 Å². The molecule has 0 saturated carbocycles. The summed E-state index contributed by atoms with van der Waals surface area (Å²) < 4.78 is 34.7. The Morgan fingerprint density at radius 3 is 1.72 bits per heavy atom. The Balaban J connectivity index is 2.31. The van der Waals surface area contributed by atoms with Crippen molar-refractivity contribution in [3.63, 3.8) is 0 Å². The van der Waals surface area contributed by atoms with E-state index in [2.05, 4.69) is 0 Å². The van der Waals surface area contributed by atoms with Crippen molar-refractivity contribution in [3.05, 3.63) is 60.7 Å². The molecule has 0 aliphatic heterocycles. The summed E-state index contributed by atoms with van der Waals surface area (Å²) in [5.74, 6) is -1.77. The summed E-state index contributed by atoms with van der Waals surface area (Å²) in [5.41, 5.74) is 0. The van der Waals surface area contributed by atoms with Gasteiger partial charge >= 0.3 is 19.5 Å². The summed E-state index contributed by atoms with van der Waals surface area (Å²) in [6.45, 7) is 2.87. The molecule has 0 aliphatic carbocycles. The average Bonchev–Trinajstić information content (AvgIpc) is 2.75. The molecule has 172 valence electrons. The fourth-order valence-corrected chi connectivity index (χ4v) is 4.31. The highest BCUT2D eigenvalue weighted by Gasteiger charge is 2.35. The van der Waals surface area contributed by atoms with Crippen LogP contribution in [0, 0.1) is 0 Å². The van der Waals surface area contributed by atoms with Gasteiger partial charge in [-0.2, -0.15) is 0 Å². The first-order chi connectivity index (χ1) is 15.3. The Morgan fingerprint density at radius 1 is 0.781 bits per heavy atom. The number of nitrogens with zero attached hydrogens (tertiary/aromatic N) is 1. The van der Waals surface area contributed by atoms with Crippen molar-refractivity contribution in [1.29, 1.82) is 0 Å². The van der Waals surface area contributed by atoms with Gasteiger partial charge in [0.2, 0.25) is 5.91 Å². The molecule has 2 aromatic rings. The van der Waals surface area contributed by atoms with Crippen molar-refractivity contribution in [1.82, 2.24) is 4.90 Å². The van der Waals surface area contributed by atoms with E-state index in [1.807, 2.05) is 0 Å². The smallest absolute Gasteiger partial charge is 0.450 e. The normalized spacial score (nSPS) is 10.7. The number of benzene rings is 2. The molecule has 2 rings (SSSR count). The first-order valence-corrected chi connectivity index (χ1v) is 11.8. The molecule has 0 atom stereocenters. The lowest BCUT2D eigenvalue weighted by Crippen LogP contribution is -2.39. The van der Waals surface area contributed by atoms with Crippen LogP contribution < -0.4 is 9.05 Å². The zero-order valence-electron chi connectivity index (χ0n) is 18.0. The van der Waals surface area contributed by atoms with Gasteiger partial charge in [0.1, 0.15) is 30.8 Å². The highest BCUT2D eigenvalue weighted by Crippen LogP contribution is 2.49. The van der Waals surface area contributed by atoms with Gasteiger partial charge in [0.15, 0.2) is 0 Å². The monoisotopic (exact) mass is 463 g/mol. The van der Waals surface area contributed by atoms with E-state index < -0.39 is 44.7 Å². The molecule has 0 N–H and O–H groups in total. The minimum absolute atomic E-state index is 0.0940. The second-order valence-electron chi connectivity index (χ2n) is 6.44. The maximum atomic E-state index is 13.7. The summed E-state index contributed by atoms with van der Waals surface area (Å²) in [6.07, 6.45) is -1.22. The summed E-state index contributed by atoms with van der Waals surface area (Å²) in [6, 6.07) is 16.6. The van der Waals surface area contributed by atoms with Crippen molar-refractivity contribution in [3.8, 4) is 11.5 Å². The Kier molecular flexibility index (Phi) is 9.76. The molecule has 0 unspecified atom stereocenters. The van der Waals surface area contributed by atoms with E-state index >= 15 is 0 Å². The fraction of sp³-hybridized carbons (Fsp3) is 0.318. The zero-order valence-corrected chi connectivity index (χ0v) is 18.9. The molecular weight excluding hydrogens is 437 g/mol. The maximum Gasteiger partial charge on any atom is 0.450 e. The fourth-order valence-electron chi connectivity index (χ4n) is 2.60. The third kappa shape index (κ3) is 8.43. The predicted molar refractivity (Wildman–Crippen MR) is 116 cm³/mol. The first kappa shape index (κ1) is 24.9. The molecule has 2 aromatic carbocycles. The number of hydrogen-bond acceptors (Lipinski definition) is 8. The summed E-state index contributed by atoms with van der Waals surface area (Å²) in [4.78, 5) is 37.5. The Labute approximate surface area is 186 Å². The number of rotatable bonds is 12. The molecule has 1 amide bonds. The molecule has 0 aliphatic rings. The van der Waals surface area contributed by atoms with Gasteiger partial charge in [-0.25, -0.2) is 4.57 Å². The molecular formula is C22H26NO8P. The molecule has 0 saturated heterocycles. The zero-order chi connectivity index (χ0) is 23.4. The van der Waals surface area contributed by atoms with E-state index in [1.54, 1.807) is 74.5 Å². The third-order valence-corrected chi connectivity index (χ3v) is 5.56. The summed E-state index contributed by atoms with van der Waals surface area (Å²) in [7, 11) is -4.06. The van der Waals surface area contributed by atoms with Crippen LogP contribution in [0.4, 0.5) is 0 Å². The van der Waals surface area contributed by atoms with Crippen molar-refractivity contribution in [2.75, 3.05) is 26.0 Å². The number of carbonyl (C=O) groups excluding carboxylic acids is 3. The van der Waals surface area contributed by atoms with Gasteiger partial charge in [0, 0.05) is 0 Å². The van der Waals surface area contributed by atoms with E-state index in [0.29, 0.717) is 0 Å². The standard InChI is InChI=1S/C22H26NO8P/c1-3-28-21(25)15-20(24)23(16-22(26)29-4-2)17-32(27,30-18-11-7-5-8-12-18)31-19-13-9-6-10-14-19/h5-14H,3-4,15-17H2,1-2H3. The van der Waals surface area contributed by atoms with Gasteiger partial charge in [-0.1, -0.05) is 36.4 Å². The van der Waals surface area contributed by atoms with Crippen molar-refractivity contribution >= 4 is 25.4 Å². The van der Waals surface area contributed by atoms with E-state index in [-0.39, 0.29) is 24.7 Å². The number of amides is 1. The van der Waals surface area contributed by atoms with Crippen LogP contribution in [0.3, 0.4) is 0 Å². The Bertz CT molecular complexity index is 890. The van der Waals surface area contributed by atoms with Crippen LogP contribution in [0.15, 0.2) is 60.7 Å². The molecule has 10 heteroatoms. The lowest BCUT2D eigenvalue weighted by atomic mass is 10.3. The van der Waals surface area contributed by atoms with E-state index in [0.717, 1.165) is 4.90 Å². The van der Waals surface area contributed by atoms with Gasteiger partial charge in [-0.3, -0.25) is 14.4 Å². The van der Waals surface area contributed by atoms with Gasteiger partial charge < -0.3 is 23.4 Å². The van der Waals surface area contributed by atoms with Gasteiger partial charge in [-0.15, -0.1) is 0 Å². The van der Waals surface area contributed by atoms with Crippen molar-refractivity contribution in [2.45, 2.75) is 20.3 Å². The number of hydrogen-bond donors (Lipinski definition) is 0. The van der Waals surface area contributed by atoms with Crippen LogP contribution >= 0.6 is 7.60 Å². The Morgan fingerprint density at radius 2 is 1.25 bits per heavy atom. The predicted octanol–water partition coefficient (Wildman–Crippen LogP) is 3.64. The van der Waals surface area contributed by atoms with E-state index in [1.165, 1.54) is 0 Å². The van der Waals surface area contributed by atoms with Crippen LogP contribution in [-0.2, 0) is 28.4 Å². The molecule has 0 spiro atoms.